The lowest BCUT2D eigenvalue weighted by Gasteiger charge is -2.14. The highest BCUT2D eigenvalue weighted by Gasteiger charge is 2.32. The molecule has 0 spiro atoms. The molecular formula is C16H17N3O7. The van der Waals surface area contributed by atoms with Gasteiger partial charge in [0, 0.05) is 12.1 Å². The third-order valence-electron chi connectivity index (χ3n) is 3.43. The normalized spacial score (nSPS) is 10.0. The number of ether oxygens (including phenoxy) is 4. The van der Waals surface area contributed by atoms with Crippen LogP contribution in [0.3, 0.4) is 0 Å². The lowest BCUT2D eigenvalue weighted by Crippen LogP contribution is -2.15. The Labute approximate surface area is 148 Å². The van der Waals surface area contributed by atoms with Gasteiger partial charge in [-0.05, 0) is 6.07 Å². The van der Waals surface area contributed by atoms with E-state index in [-0.39, 0.29) is 22.8 Å². The molecule has 2 aromatic rings. The largest absolute Gasteiger partial charge is 0.493 e. The van der Waals surface area contributed by atoms with Gasteiger partial charge >= 0.3 is 5.69 Å². The number of nitrogens with one attached hydrogen (secondary N) is 1. The van der Waals surface area contributed by atoms with Crippen LogP contribution in [0, 0.1) is 10.1 Å². The first kappa shape index (κ1) is 18.8. The number of aromatic nitrogens is 1. The Bertz CT molecular complexity index is 822. The van der Waals surface area contributed by atoms with Gasteiger partial charge in [-0.3, -0.25) is 14.9 Å². The number of anilines is 1. The van der Waals surface area contributed by atoms with Gasteiger partial charge in [0.15, 0.2) is 5.75 Å². The number of nitrogens with zero attached hydrogens (tertiary/aromatic N) is 2. The molecule has 0 aliphatic carbocycles. The number of nitro benzene ring substituents is 1. The van der Waals surface area contributed by atoms with Gasteiger partial charge in [0.25, 0.3) is 5.91 Å². The van der Waals surface area contributed by atoms with Crippen molar-refractivity contribution in [2.45, 2.75) is 0 Å². The van der Waals surface area contributed by atoms with Crippen molar-refractivity contribution in [2.75, 3.05) is 33.8 Å². The molecule has 10 heteroatoms. The molecule has 26 heavy (non-hydrogen) atoms. The molecule has 0 aliphatic heterocycles. The number of rotatable bonds is 7. The molecule has 2 rings (SSSR count). The van der Waals surface area contributed by atoms with E-state index >= 15 is 0 Å². The summed E-state index contributed by atoms with van der Waals surface area (Å²) in [7, 11) is 5.35. The van der Waals surface area contributed by atoms with Gasteiger partial charge in [-0.1, -0.05) is 0 Å². The van der Waals surface area contributed by atoms with Crippen LogP contribution in [0.4, 0.5) is 11.4 Å². The third kappa shape index (κ3) is 3.58. The van der Waals surface area contributed by atoms with Crippen LogP contribution in [0.5, 0.6) is 23.1 Å². The van der Waals surface area contributed by atoms with E-state index in [9.17, 15) is 14.9 Å². The highest BCUT2D eigenvalue weighted by atomic mass is 16.6. The molecule has 10 nitrogen and oxygen atoms in total. The fourth-order valence-electron chi connectivity index (χ4n) is 2.27. The van der Waals surface area contributed by atoms with E-state index < -0.39 is 16.5 Å². The second-order valence-electron chi connectivity index (χ2n) is 4.84. The summed E-state index contributed by atoms with van der Waals surface area (Å²) in [5, 5.41) is 14.1. The molecule has 138 valence electrons. The minimum absolute atomic E-state index is 0.0179. The SMILES string of the molecule is COc1ccc(NC(=O)c2cc(OC)c(OC)c(OC)c2[N+](=O)[O-])cn1. The fourth-order valence-corrected chi connectivity index (χ4v) is 2.27. The van der Waals surface area contributed by atoms with Crippen LogP contribution in [-0.2, 0) is 0 Å². The second kappa shape index (κ2) is 8.01. The Morgan fingerprint density at radius 3 is 2.23 bits per heavy atom. The van der Waals surface area contributed by atoms with Crippen molar-refractivity contribution in [3.05, 3.63) is 40.1 Å². The van der Waals surface area contributed by atoms with E-state index in [0.29, 0.717) is 11.6 Å². The Morgan fingerprint density at radius 2 is 1.77 bits per heavy atom. The zero-order valence-electron chi connectivity index (χ0n) is 14.6. The zero-order chi connectivity index (χ0) is 19.3. The maximum absolute atomic E-state index is 12.6. The number of nitro groups is 1. The quantitative estimate of drug-likeness (QED) is 0.587. The predicted molar refractivity (Wildman–Crippen MR) is 91.5 cm³/mol. The molecule has 0 radical (unpaired) electrons. The Balaban J connectivity index is 2.51. The smallest absolute Gasteiger partial charge is 0.327 e. The summed E-state index contributed by atoms with van der Waals surface area (Å²) in [6, 6.07) is 4.30. The molecule has 1 N–H and O–H groups in total. The van der Waals surface area contributed by atoms with E-state index in [0.717, 1.165) is 0 Å². The van der Waals surface area contributed by atoms with Crippen LogP contribution in [0.15, 0.2) is 24.4 Å². The van der Waals surface area contributed by atoms with Crippen molar-refractivity contribution in [1.82, 2.24) is 4.98 Å². The number of pyridine rings is 1. The number of hydrogen-bond acceptors (Lipinski definition) is 8. The van der Waals surface area contributed by atoms with Gasteiger partial charge in [0.2, 0.25) is 17.4 Å². The summed E-state index contributed by atoms with van der Waals surface area (Å²) in [4.78, 5) is 27.4. The summed E-state index contributed by atoms with van der Waals surface area (Å²) >= 11 is 0. The summed E-state index contributed by atoms with van der Waals surface area (Å²) in [6.07, 6.45) is 1.36. The number of amides is 1. The first-order valence-corrected chi connectivity index (χ1v) is 7.25. The van der Waals surface area contributed by atoms with Crippen LogP contribution >= 0.6 is 0 Å². The zero-order valence-corrected chi connectivity index (χ0v) is 14.6. The van der Waals surface area contributed by atoms with Crippen molar-refractivity contribution in [1.29, 1.82) is 0 Å². The molecule has 0 fully saturated rings. The van der Waals surface area contributed by atoms with Gasteiger partial charge < -0.3 is 24.3 Å². The van der Waals surface area contributed by atoms with Crippen LogP contribution in [0.2, 0.25) is 0 Å². The average molecular weight is 363 g/mol. The maximum Gasteiger partial charge on any atom is 0.327 e. The minimum atomic E-state index is -0.733. The van der Waals surface area contributed by atoms with Gasteiger partial charge in [-0.2, -0.15) is 0 Å². The van der Waals surface area contributed by atoms with Crippen molar-refractivity contribution in [3.63, 3.8) is 0 Å². The lowest BCUT2D eigenvalue weighted by atomic mass is 10.1. The van der Waals surface area contributed by atoms with Crippen LogP contribution < -0.4 is 24.3 Å². The Morgan fingerprint density at radius 1 is 1.08 bits per heavy atom. The van der Waals surface area contributed by atoms with Crippen molar-refractivity contribution in [2.24, 2.45) is 0 Å². The summed E-state index contributed by atoms with van der Waals surface area (Å²) in [5.74, 6) is -0.447. The Kier molecular flexibility index (Phi) is 5.78. The highest BCUT2D eigenvalue weighted by Crippen LogP contribution is 2.46. The third-order valence-corrected chi connectivity index (χ3v) is 3.43. The van der Waals surface area contributed by atoms with Crippen molar-refractivity contribution >= 4 is 17.3 Å². The number of benzene rings is 1. The second-order valence-corrected chi connectivity index (χ2v) is 4.84. The minimum Gasteiger partial charge on any atom is -0.493 e. The molecule has 0 bridgehead atoms. The molecular weight excluding hydrogens is 346 g/mol. The molecule has 0 atom stereocenters. The standard InChI is InChI=1S/C16H17N3O7/c1-23-11-7-10(13(19(21)22)15(26-4)14(11)25-3)16(20)18-9-5-6-12(24-2)17-8-9/h5-8H,1-4H3,(H,18,20). The number of methoxy groups -OCH3 is 4. The summed E-state index contributed by atoms with van der Waals surface area (Å²) < 4.78 is 20.3. The molecule has 0 unspecified atom stereocenters. The van der Waals surface area contributed by atoms with Crippen LogP contribution in [-0.4, -0.2) is 44.3 Å². The van der Waals surface area contributed by atoms with Crippen molar-refractivity contribution in [3.8, 4) is 23.1 Å². The molecule has 1 heterocycles. The Hall–Kier alpha value is -3.56. The number of hydrogen-bond donors (Lipinski definition) is 1. The number of carbonyl (C=O) groups is 1. The topological polar surface area (TPSA) is 122 Å². The molecule has 1 aromatic carbocycles. The first-order valence-electron chi connectivity index (χ1n) is 7.25. The van der Waals surface area contributed by atoms with Gasteiger partial charge in [0.05, 0.1) is 45.2 Å². The molecule has 1 amide bonds. The van der Waals surface area contributed by atoms with E-state index in [1.165, 1.54) is 40.7 Å². The average Bonchev–Trinajstić information content (AvgIpc) is 2.66. The van der Waals surface area contributed by atoms with Gasteiger partial charge in [-0.25, -0.2) is 4.98 Å². The highest BCUT2D eigenvalue weighted by molar-refractivity contribution is 6.08. The molecule has 0 saturated heterocycles. The molecule has 0 saturated carbocycles. The monoisotopic (exact) mass is 363 g/mol. The van der Waals surface area contributed by atoms with E-state index in [1.54, 1.807) is 12.1 Å². The summed E-state index contributed by atoms with van der Waals surface area (Å²) in [6.45, 7) is 0. The van der Waals surface area contributed by atoms with E-state index in [1.807, 2.05) is 0 Å². The van der Waals surface area contributed by atoms with Gasteiger partial charge in [0.1, 0.15) is 5.56 Å². The first-order chi connectivity index (χ1) is 12.5. The van der Waals surface area contributed by atoms with E-state index in [2.05, 4.69) is 10.3 Å². The number of carbonyl (C=O) groups excluding carboxylic acids is 1. The maximum atomic E-state index is 12.6. The lowest BCUT2D eigenvalue weighted by molar-refractivity contribution is -0.386. The van der Waals surface area contributed by atoms with Gasteiger partial charge in [-0.15, -0.1) is 0 Å². The van der Waals surface area contributed by atoms with Crippen molar-refractivity contribution < 1.29 is 28.7 Å². The fraction of sp³-hybridized carbons (Fsp3) is 0.250. The predicted octanol–water partition coefficient (Wildman–Crippen LogP) is 2.28. The van der Waals surface area contributed by atoms with Crippen LogP contribution in [0.25, 0.3) is 0 Å². The summed E-state index contributed by atoms with van der Waals surface area (Å²) in [5.41, 5.74) is -0.455. The van der Waals surface area contributed by atoms with Crippen LogP contribution in [0.1, 0.15) is 10.4 Å². The molecule has 0 aliphatic rings. The molecule has 1 aromatic heterocycles. The van der Waals surface area contributed by atoms with E-state index in [4.69, 9.17) is 18.9 Å².